The normalized spacial score (nSPS) is 19.8. The molecule has 26 heavy (non-hydrogen) atoms. The zero-order valence-corrected chi connectivity index (χ0v) is 16.6. The van der Waals surface area contributed by atoms with Crippen molar-refractivity contribution in [3.8, 4) is 0 Å². The molecule has 1 aromatic carbocycles. The SMILES string of the molecule is CCCSCC(=O)N1CCC2(CCC(=O)N(Cc3ccccc3)C2)CC1. The minimum atomic E-state index is 0.204. The van der Waals surface area contributed by atoms with Crippen molar-refractivity contribution in [3.63, 3.8) is 0 Å². The smallest absolute Gasteiger partial charge is 0.232 e. The highest BCUT2D eigenvalue weighted by Crippen LogP contribution is 2.40. The van der Waals surface area contributed by atoms with Gasteiger partial charge in [0.25, 0.3) is 0 Å². The second kappa shape index (κ2) is 8.94. The molecule has 2 saturated heterocycles. The fourth-order valence-electron chi connectivity index (χ4n) is 4.08. The van der Waals surface area contributed by atoms with Crippen LogP contribution in [0, 0.1) is 5.41 Å². The number of rotatable bonds is 6. The molecule has 0 aromatic heterocycles. The third kappa shape index (κ3) is 4.81. The van der Waals surface area contributed by atoms with Crippen molar-refractivity contribution in [3.05, 3.63) is 35.9 Å². The fourth-order valence-corrected chi connectivity index (χ4v) is 4.87. The van der Waals surface area contributed by atoms with Gasteiger partial charge in [-0.2, -0.15) is 11.8 Å². The number of thioether (sulfide) groups is 1. The number of nitrogens with zero attached hydrogens (tertiary/aromatic N) is 2. The Morgan fingerprint density at radius 2 is 1.88 bits per heavy atom. The molecule has 1 spiro atoms. The molecule has 2 fully saturated rings. The Labute approximate surface area is 161 Å². The first-order valence-electron chi connectivity index (χ1n) is 9.79. The van der Waals surface area contributed by atoms with Gasteiger partial charge in [0, 0.05) is 32.6 Å². The van der Waals surface area contributed by atoms with Crippen molar-refractivity contribution in [2.24, 2.45) is 5.41 Å². The molecule has 0 saturated carbocycles. The number of carbonyl (C=O) groups excluding carboxylic acids is 2. The lowest BCUT2D eigenvalue weighted by atomic mass is 9.72. The van der Waals surface area contributed by atoms with E-state index in [1.807, 2.05) is 28.0 Å². The van der Waals surface area contributed by atoms with Crippen molar-refractivity contribution >= 4 is 23.6 Å². The second-order valence-electron chi connectivity index (χ2n) is 7.67. The predicted molar refractivity (Wildman–Crippen MR) is 107 cm³/mol. The van der Waals surface area contributed by atoms with Crippen molar-refractivity contribution in [1.29, 1.82) is 0 Å². The topological polar surface area (TPSA) is 40.6 Å². The quantitative estimate of drug-likeness (QED) is 0.715. The zero-order chi connectivity index (χ0) is 18.4. The molecule has 2 heterocycles. The molecule has 5 heteroatoms. The number of hydrogen-bond donors (Lipinski definition) is 0. The molecule has 0 atom stereocenters. The highest BCUT2D eigenvalue weighted by Gasteiger charge is 2.41. The fraction of sp³-hybridized carbons (Fsp3) is 0.619. The Morgan fingerprint density at radius 3 is 2.58 bits per heavy atom. The molecule has 142 valence electrons. The van der Waals surface area contributed by atoms with Gasteiger partial charge in [0.15, 0.2) is 0 Å². The molecule has 1 aromatic rings. The summed E-state index contributed by atoms with van der Waals surface area (Å²) in [6.07, 6.45) is 4.79. The summed E-state index contributed by atoms with van der Waals surface area (Å²) in [6, 6.07) is 10.2. The molecular formula is C21H30N2O2S. The van der Waals surface area contributed by atoms with Crippen LogP contribution in [0.15, 0.2) is 30.3 Å². The van der Waals surface area contributed by atoms with Gasteiger partial charge in [0.2, 0.25) is 11.8 Å². The Morgan fingerprint density at radius 1 is 1.15 bits per heavy atom. The van der Waals surface area contributed by atoms with Crippen LogP contribution in [0.3, 0.4) is 0 Å². The maximum atomic E-state index is 12.4. The van der Waals surface area contributed by atoms with Crippen molar-refractivity contribution in [1.82, 2.24) is 9.80 Å². The first-order valence-corrected chi connectivity index (χ1v) is 10.9. The molecule has 0 radical (unpaired) electrons. The van der Waals surface area contributed by atoms with Crippen LogP contribution in [0.2, 0.25) is 0 Å². The van der Waals surface area contributed by atoms with Crippen LogP contribution < -0.4 is 0 Å². The van der Waals surface area contributed by atoms with E-state index < -0.39 is 0 Å². The second-order valence-corrected chi connectivity index (χ2v) is 8.77. The van der Waals surface area contributed by atoms with Gasteiger partial charge in [-0.1, -0.05) is 37.3 Å². The third-order valence-corrected chi connectivity index (χ3v) is 6.86. The molecule has 0 bridgehead atoms. The highest BCUT2D eigenvalue weighted by molar-refractivity contribution is 7.99. The van der Waals surface area contributed by atoms with Crippen LogP contribution in [0.5, 0.6) is 0 Å². The van der Waals surface area contributed by atoms with E-state index in [4.69, 9.17) is 0 Å². The summed E-state index contributed by atoms with van der Waals surface area (Å²) in [5, 5.41) is 0. The number of carbonyl (C=O) groups is 2. The molecule has 0 N–H and O–H groups in total. The van der Waals surface area contributed by atoms with Crippen LogP contribution in [0.25, 0.3) is 0 Å². The number of hydrogen-bond acceptors (Lipinski definition) is 3. The Bertz CT molecular complexity index is 612. The lowest BCUT2D eigenvalue weighted by Gasteiger charge is -2.47. The van der Waals surface area contributed by atoms with Gasteiger partial charge in [-0.3, -0.25) is 9.59 Å². The molecular weight excluding hydrogens is 344 g/mol. The number of piperidine rings is 2. The van der Waals surface area contributed by atoms with E-state index in [-0.39, 0.29) is 17.2 Å². The minimum Gasteiger partial charge on any atom is -0.342 e. The van der Waals surface area contributed by atoms with Gasteiger partial charge in [0.05, 0.1) is 5.75 Å². The number of amides is 2. The van der Waals surface area contributed by atoms with Gasteiger partial charge in [-0.05, 0) is 42.4 Å². The lowest BCUT2D eigenvalue weighted by molar-refractivity contribution is -0.142. The molecule has 3 rings (SSSR count). The van der Waals surface area contributed by atoms with Gasteiger partial charge in [-0.25, -0.2) is 0 Å². The van der Waals surface area contributed by atoms with Crippen LogP contribution in [0.4, 0.5) is 0 Å². The average molecular weight is 375 g/mol. The van der Waals surface area contributed by atoms with E-state index >= 15 is 0 Å². The molecule has 0 unspecified atom stereocenters. The first kappa shape index (κ1) is 19.3. The maximum absolute atomic E-state index is 12.4. The maximum Gasteiger partial charge on any atom is 0.232 e. The van der Waals surface area contributed by atoms with Crippen molar-refractivity contribution in [2.75, 3.05) is 31.1 Å². The van der Waals surface area contributed by atoms with E-state index in [9.17, 15) is 9.59 Å². The van der Waals surface area contributed by atoms with E-state index in [1.165, 1.54) is 5.56 Å². The van der Waals surface area contributed by atoms with E-state index in [1.54, 1.807) is 11.8 Å². The van der Waals surface area contributed by atoms with Crippen molar-refractivity contribution in [2.45, 2.75) is 45.6 Å². The summed E-state index contributed by atoms with van der Waals surface area (Å²) in [7, 11) is 0. The zero-order valence-electron chi connectivity index (χ0n) is 15.8. The molecule has 2 amide bonds. The van der Waals surface area contributed by atoms with Gasteiger partial charge in [-0.15, -0.1) is 0 Å². The van der Waals surface area contributed by atoms with Crippen LogP contribution >= 0.6 is 11.8 Å². The molecule has 2 aliphatic rings. The molecule has 0 aliphatic carbocycles. The Hall–Kier alpha value is -1.49. The molecule has 4 nitrogen and oxygen atoms in total. The lowest BCUT2D eigenvalue weighted by Crippen LogP contribution is -2.52. The summed E-state index contributed by atoms with van der Waals surface area (Å²) < 4.78 is 0. The Kier molecular flexibility index (Phi) is 6.63. The third-order valence-electron chi connectivity index (χ3n) is 5.72. The average Bonchev–Trinajstić information content (AvgIpc) is 2.66. The number of likely N-dealkylation sites (tertiary alicyclic amines) is 2. The van der Waals surface area contributed by atoms with Crippen LogP contribution in [-0.2, 0) is 16.1 Å². The summed E-state index contributed by atoms with van der Waals surface area (Å²) in [5.74, 6) is 2.22. The predicted octanol–water partition coefficient (Wildman–Crippen LogP) is 3.56. The van der Waals surface area contributed by atoms with Crippen LogP contribution in [0.1, 0.15) is 44.6 Å². The van der Waals surface area contributed by atoms with Crippen LogP contribution in [-0.4, -0.2) is 52.8 Å². The van der Waals surface area contributed by atoms with Gasteiger partial charge >= 0.3 is 0 Å². The standard InChI is InChI=1S/C21H30N2O2S/c1-2-14-26-16-20(25)22-12-10-21(11-13-22)9-8-19(24)23(17-21)15-18-6-4-3-5-7-18/h3-7H,2,8-17H2,1H3. The summed E-state index contributed by atoms with van der Waals surface area (Å²) in [6.45, 7) is 5.39. The van der Waals surface area contributed by atoms with Gasteiger partial charge in [0.1, 0.15) is 0 Å². The molecule has 2 aliphatic heterocycles. The summed E-state index contributed by atoms with van der Waals surface area (Å²) >= 11 is 1.74. The Balaban J connectivity index is 1.54. The van der Waals surface area contributed by atoms with E-state index in [0.717, 1.165) is 51.1 Å². The summed E-state index contributed by atoms with van der Waals surface area (Å²) in [5.41, 5.74) is 1.40. The highest BCUT2D eigenvalue weighted by atomic mass is 32.2. The largest absolute Gasteiger partial charge is 0.342 e. The number of benzene rings is 1. The van der Waals surface area contributed by atoms with E-state index in [0.29, 0.717) is 18.7 Å². The first-order chi connectivity index (χ1) is 12.6. The minimum absolute atomic E-state index is 0.204. The van der Waals surface area contributed by atoms with E-state index in [2.05, 4.69) is 19.1 Å². The van der Waals surface area contributed by atoms with Gasteiger partial charge < -0.3 is 9.80 Å². The van der Waals surface area contributed by atoms with Crippen molar-refractivity contribution < 1.29 is 9.59 Å². The summed E-state index contributed by atoms with van der Waals surface area (Å²) in [4.78, 5) is 28.8. The monoisotopic (exact) mass is 374 g/mol.